The van der Waals surface area contributed by atoms with Crippen molar-refractivity contribution in [3.63, 3.8) is 0 Å². The highest BCUT2D eigenvalue weighted by atomic mass is 35.5. The molecule has 0 bridgehead atoms. The second-order valence-corrected chi connectivity index (χ2v) is 9.66. The highest BCUT2D eigenvalue weighted by molar-refractivity contribution is 6.30. The Balaban J connectivity index is 1.52. The van der Waals surface area contributed by atoms with Gasteiger partial charge in [-0.3, -0.25) is 14.5 Å². The summed E-state index contributed by atoms with van der Waals surface area (Å²) in [5.41, 5.74) is 3.75. The second kappa shape index (κ2) is 9.67. The molecule has 0 saturated heterocycles. The number of amides is 2. The van der Waals surface area contributed by atoms with Crippen LogP contribution >= 0.6 is 11.6 Å². The van der Waals surface area contributed by atoms with Crippen LogP contribution in [0.1, 0.15) is 62.7 Å². The molecule has 34 heavy (non-hydrogen) atoms. The van der Waals surface area contributed by atoms with Gasteiger partial charge in [-0.25, -0.2) is 0 Å². The van der Waals surface area contributed by atoms with Gasteiger partial charge in [0.05, 0.1) is 17.1 Å². The SMILES string of the molecule is CCCCCC(=O)N(CC(=O)N1c2ccccc2-n2cccc2C1c1cccc(Cl)c1)C1CC1. The van der Waals surface area contributed by atoms with Gasteiger partial charge in [0.25, 0.3) is 0 Å². The molecule has 1 aliphatic heterocycles. The minimum Gasteiger partial charge on any atom is -0.330 e. The van der Waals surface area contributed by atoms with Gasteiger partial charge in [0.15, 0.2) is 0 Å². The van der Waals surface area contributed by atoms with E-state index in [4.69, 9.17) is 11.6 Å². The van der Waals surface area contributed by atoms with Gasteiger partial charge < -0.3 is 9.47 Å². The van der Waals surface area contributed by atoms with Gasteiger partial charge in [-0.2, -0.15) is 0 Å². The van der Waals surface area contributed by atoms with E-state index >= 15 is 0 Å². The molecule has 3 aromatic rings. The fraction of sp³-hybridized carbons (Fsp3) is 0.357. The van der Waals surface area contributed by atoms with Crippen LogP contribution < -0.4 is 4.90 Å². The van der Waals surface area contributed by atoms with Crippen LogP contribution in [0.4, 0.5) is 5.69 Å². The summed E-state index contributed by atoms with van der Waals surface area (Å²) in [5.74, 6) is 0.0258. The summed E-state index contributed by atoms with van der Waals surface area (Å²) in [6, 6.07) is 19.6. The lowest BCUT2D eigenvalue weighted by atomic mass is 9.97. The molecule has 1 aromatic heterocycles. The molecule has 1 aliphatic carbocycles. The van der Waals surface area contributed by atoms with Gasteiger partial charge in [-0.1, -0.05) is 55.6 Å². The number of nitrogens with zero attached hydrogens (tertiary/aromatic N) is 3. The van der Waals surface area contributed by atoms with Crippen molar-refractivity contribution in [3.05, 3.63) is 83.1 Å². The number of anilines is 1. The number of carbonyl (C=O) groups is 2. The molecule has 1 unspecified atom stereocenters. The first kappa shape index (κ1) is 22.7. The average molecular weight is 476 g/mol. The number of para-hydroxylation sites is 2. The van der Waals surface area contributed by atoms with Crippen molar-refractivity contribution >= 4 is 29.1 Å². The highest BCUT2D eigenvalue weighted by Gasteiger charge is 2.39. The quantitative estimate of drug-likeness (QED) is 0.367. The molecule has 5 rings (SSSR count). The number of carbonyl (C=O) groups excluding carboxylic acids is 2. The normalized spacial score (nSPS) is 16.6. The fourth-order valence-electron chi connectivity index (χ4n) is 4.95. The summed E-state index contributed by atoms with van der Waals surface area (Å²) in [4.78, 5) is 30.8. The Morgan fingerprint density at radius 3 is 2.53 bits per heavy atom. The van der Waals surface area contributed by atoms with Crippen LogP contribution in [0, 0.1) is 0 Å². The van der Waals surface area contributed by atoms with Crippen LogP contribution in [0.5, 0.6) is 0 Å². The third kappa shape index (κ3) is 4.37. The molecule has 176 valence electrons. The first-order valence-corrected chi connectivity index (χ1v) is 12.6. The topological polar surface area (TPSA) is 45.6 Å². The van der Waals surface area contributed by atoms with E-state index in [1.165, 1.54) is 0 Å². The maximum atomic E-state index is 14.0. The molecule has 0 spiro atoms. The van der Waals surface area contributed by atoms with Crippen molar-refractivity contribution < 1.29 is 9.59 Å². The van der Waals surface area contributed by atoms with Crippen molar-refractivity contribution in [2.45, 2.75) is 57.5 Å². The first-order valence-electron chi connectivity index (χ1n) is 12.2. The molecule has 1 fully saturated rings. The lowest BCUT2D eigenvalue weighted by Gasteiger charge is -2.39. The summed E-state index contributed by atoms with van der Waals surface area (Å²) >= 11 is 6.37. The number of unbranched alkanes of at least 4 members (excludes halogenated alkanes) is 2. The third-order valence-electron chi connectivity index (χ3n) is 6.76. The molecule has 6 heteroatoms. The molecular formula is C28H30ClN3O2. The van der Waals surface area contributed by atoms with Crippen LogP contribution in [0.15, 0.2) is 66.9 Å². The molecule has 2 aromatic carbocycles. The van der Waals surface area contributed by atoms with E-state index in [9.17, 15) is 9.59 Å². The maximum Gasteiger partial charge on any atom is 0.247 e. The van der Waals surface area contributed by atoms with E-state index in [1.54, 1.807) is 0 Å². The minimum atomic E-state index is -0.327. The zero-order valence-corrected chi connectivity index (χ0v) is 20.2. The van der Waals surface area contributed by atoms with Gasteiger partial charge >= 0.3 is 0 Å². The van der Waals surface area contributed by atoms with Gasteiger partial charge in [-0.05, 0) is 61.2 Å². The molecule has 2 heterocycles. The van der Waals surface area contributed by atoms with Crippen LogP contribution in [0.3, 0.4) is 0 Å². The molecule has 0 N–H and O–H groups in total. The van der Waals surface area contributed by atoms with Gasteiger partial charge in [0.1, 0.15) is 12.6 Å². The van der Waals surface area contributed by atoms with Crippen molar-refractivity contribution in [3.8, 4) is 5.69 Å². The van der Waals surface area contributed by atoms with E-state index < -0.39 is 0 Å². The molecule has 5 nitrogen and oxygen atoms in total. The Kier molecular flexibility index (Phi) is 6.46. The number of fused-ring (bicyclic) bond motifs is 3. The Hall–Kier alpha value is -3.05. The van der Waals surface area contributed by atoms with E-state index in [0.29, 0.717) is 11.4 Å². The summed E-state index contributed by atoms with van der Waals surface area (Å²) in [5, 5.41) is 0.632. The lowest BCUT2D eigenvalue weighted by molar-refractivity contribution is -0.136. The maximum absolute atomic E-state index is 14.0. The van der Waals surface area contributed by atoms with Crippen molar-refractivity contribution in [2.75, 3.05) is 11.4 Å². The zero-order valence-electron chi connectivity index (χ0n) is 19.5. The van der Waals surface area contributed by atoms with E-state index in [2.05, 4.69) is 17.6 Å². The number of hydrogen-bond donors (Lipinski definition) is 0. The number of hydrogen-bond acceptors (Lipinski definition) is 2. The first-order chi connectivity index (χ1) is 16.6. The summed E-state index contributed by atoms with van der Waals surface area (Å²) in [6.07, 6.45) is 7.47. The average Bonchev–Trinajstić information content (AvgIpc) is 3.56. The summed E-state index contributed by atoms with van der Waals surface area (Å²) in [6.45, 7) is 2.23. The van der Waals surface area contributed by atoms with E-state index in [0.717, 1.165) is 54.7 Å². The molecule has 2 aliphatic rings. The zero-order chi connectivity index (χ0) is 23.7. The molecular weight excluding hydrogens is 446 g/mol. The van der Waals surface area contributed by atoms with Crippen LogP contribution in [0.25, 0.3) is 5.69 Å². The van der Waals surface area contributed by atoms with E-state index in [1.807, 2.05) is 70.6 Å². The largest absolute Gasteiger partial charge is 0.330 e. The van der Waals surface area contributed by atoms with Gasteiger partial charge in [-0.15, -0.1) is 0 Å². The Bertz CT molecular complexity index is 1200. The molecule has 0 radical (unpaired) electrons. The molecule has 2 amide bonds. The smallest absolute Gasteiger partial charge is 0.247 e. The van der Waals surface area contributed by atoms with Gasteiger partial charge in [0, 0.05) is 23.7 Å². The lowest BCUT2D eigenvalue weighted by Crippen LogP contribution is -2.47. The number of benzene rings is 2. The monoisotopic (exact) mass is 475 g/mol. The minimum absolute atomic E-state index is 0.0689. The van der Waals surface area contributed by atoms with E-state index in [-0.39, 0.29) is 30.4 Å². The molecule has 1 saturated carbocycles. The van der Waals surface area contributed by atoms with Crippen molar-refractivity contribution in [2.24, 2.45) is 0 Å². The fourth-order valence-corrected chi connectivity index (χ4v) is 5.15. The van der Waals surface area contributed by atoms with Crippen LogP contribution in [-0.2, 0) is 9.59 Å². The van der Waals surface area contributed by atoms with Crippen LogP contribution in [-0.4, -0.2) is 33.9 Å². The summed E-state index contributed by atoms with van der Waals surface area (Å²) < 4.78 is 2.14. The highest BCUT2D eigenvalue weighted by Crippen LogP contribution is 2.43. The Morgan fingerprint density at radius 1 is 1.00 bits per heavy atom. The van der Waals surface area contributed by atoms with Crippen LogP contribution in [0.2, 0.25) is 5.02 Å². The second-order valence-electron chi connectivity index (χ2n) is 9.22. The standard InChI is InChI=1S/C28H30ClN3O2/c1-2-3-4-14-26(33)31(22-15-16-22)19-27(34)32-24-12-6-5-11-23(24)30-17-8-13-25(30)28(32)20-9-7-10-21(29)18-20/h5-13,17-18,22,28H,2-4,14-16,19H2,1H3. The Labute approximate surface area is 205 Å². The number of halogens is 1. The Morgan fingerprint density at radius 2 is 1.79 bits per heavy atom. The van der Waals surface area contributed by atoms with Crippen molar-refractivity contribution in [1.82, 2.24) is 9.47 Å². The van der Waals surface area contributed by atoms with Crippen molar-refractivity contribution in [1.29, 1.82) is 0 Å². The summed E-state index contributed by atoms with van der Waals surface area (Å²) in [7, 11) is 0. The van der Waals surface area contributed by atoms with Gasteiger partial charge in [0.2, 0.25) is 11.8 Å². The third-order valence-corrected chi connectivity index (χ3v) is 7.00. The number of aromatic nitrogens is 1. The predicted octanol–water partition coefficient (Wildman–Crippen LogP) is 6.14. The molecule has 1 atom stereocenters. The predicted molar refractivity (Wildman–Crippen MR) is 135 cm³/mol. The number of rotatable bonds is 8.